The number of amides is 2. The first-order valence-electron chi connectivity index (χ1n) is 5.88. The van der Waals surface area contributed by atoms with E-state index in [0.717, 1.165) is 6.07 Å². The van der Waals surface area contributed by atoms with Gasteiger partial charge in [0, 0.05) is 0 Å². The lowest BCUT2D eigenvalue weighted by Crippen LogP contribution is -2.42. The Kier molecular flexibility index (Phi) is 5.39. The van der Waals surface area contributed by atoms with E-state index in [1.54, 1.807) is 6.92 Å². The van der Waals surface area contributed by atoms with Crippen LogP contribution in [0.3, 0.4) is 0 Å². The summed E-state index contributed by atoms with van der Waals surface area (Å²) in [4.78, 5) is 22.3. The fraction of sp³-hybridized carbons (Fsp3) is 0.333. The number of carboxylic acids is 1. The van der Waals surface area contributed by atoms with Crippen molar-refractivity contribution in [2.45, 2.75) is 25.7 Å². The molecule has 2 amide bonds. The van der Waals surface area contributed by atoms with Gasteiger partial charge in [-0.25, -0.2) is 9.59 Å². The number of rotatable bonds is 5. The molecule has 0 aliphatic heterocycles. The highest BCUT2D eigenvalue weighted by molar-refractivity contribution is 5.93. The first-order chi connectivity index (χ1) is 9.73. The van der Waals surface area contributed by atoms with Crippen LogP contribution in [0.4, 0.5) is 23.7 Å². The standard InChI is InChI=1S/C12H13F3N2O4/c1-2-7(10(18)19)16-11(20)17-8-5-3-4-6-9(8)21-12(13,14)15/h3-7H,2H2,1H3,(H,18,19)(H2,16,17,20)/t7-/m1/s1. The molecule has 0 heterocycles. The maximum Gasteiger partial charge on any atom is 0.573 e. The topological polar surface area (TPSA) is 87.7 Å². The number of nitrogens with one attached hydrogen (secondary N) is 2. The van der Waals surface area contributed by atoms with E-state index in [1.165, 1.54) is 18.2 Å². The number of ether oxygens (including phenoxy) is 1. The fourth-order valence-corrected chi connectivity index (χ4v) is 1.44. The van der Waals surface area contributed by atoms with Crippen LogP contribution in [0, 0.1) is 0 Å². The molecule has 1 aromatic carbocycles. The number of aliphatic carboxylic acids is 1. The second kappa shape index (κ2) is 6.82. The third kappa shape index (κ3) is 5.59. The van der Waals surface area contributed by atoms with Crippen LogP contribution in [0.5, 0.6) is 5.75 Å². The average Bonchev–Trinajstić information content (AvgIpc) is 2.36. The van der Waals surface area contributed by atoms with E-state index in [-0.39, 0.29) is 12.1 Å². The molecule has 116 valence electrons. The molecule has 0 radical (unpaired) electrons. The minimum absolute atomic E-state index is 0.128. The summed E-state index contributed by atoms with van der Waals surface area (Å²) in [6.45, 7) is 1.54. The maximum atomic E-state index is 12.2. The molecule has 6 nitrogen and oxygen atoms in total. The summed E-state index contributed by atoms with van der Waals surface area (Å²) < 4.78 is 40.4. The van der Waals surface area contributed by atoms with Gasteiger partial charge in [0.1, 0.15) is 6.04 Å². The van der Waals surface area contributed by atoms with Gasteiger partial charge in [-0.15, -0.1) is 13.2 Å². The molecule has 0 unspecified atom stereocenters. The first kappa shape index (κ1) is 16.6. The predicted molar refractivity (Wildman–Crippen MR) is 67.0 cm³/mol. The van der Waals surface area contributed by atoms with Gasteiger partial charge in [0.2, 0.25) is 0 Å². The number of carbonyl (C=O) groups excluding carboxylic acids is 1. The summed E-state index contributed by atoms with van der Waals surface area (Å²) in [5.41, 5.74) is -0.229. The number of urea groups is 1. The quantitative estimate of drug-likeness (QED) is 0.780. The van der Waals surface area contributed by atoms with Gasteiger partial charge in [0.25, 0.3) is 0 Å². The van der Waals surface area contributed by atoms with Crippen molar-refractivity contribution in [2.24, 2.45) is 0 Å². The van der Waals surface area contributed by atoms with Crippen LogP contribution in [0.15, 0.2) is 24.3 Å². The lowest BCUT2D eigenvalue weighted by molar-refractivity contribution is -0.274. The Labute approximate surface area is 117 Å². The number of benzene rings is 1. The van der Waals surface area contributed by atoms with Gasteiger partial charge >= 0.3 is 18.4 Å². The second-order valence-corrected chi connectivity index (χ2v) is 3.94. The van der Waals surface area contributed by atoms with Crippen LogP contribution in [0.1, 0.15) is 13.3 Å². The fourth-order valence-electron chi connectivity index (χ4n) is 1.44. The average molecular weight is 306 g/mol. The summed E-state index contributed by atoms with van der Waals surface area (Å²) in [5, 5.41) is 13.0. The molecule has 0 aliphatic rings. The highest BCUT2D eigenvalue weighted by Gasteiger charge is 2.32. The SMILES string of the molecule is CC[C@@H](NC(=O)Nc1ccccc1OC(F)(F)F)C(=O)O. The number of carbonyl (C=O) groups is 2. The van der Waals surface area contributed by atoms with E-state index in [4.69, 9.17) is 5.11 Å². The van der Waals surface area contributed by atoms with Crippen LogP contribution >= 0.6 is 0 Å². The van der Waals surface area contributed by atoms with Gasteiger partial charge in [-0.3, -0.25) is 0 Å². The zero-order valence-electron chi connectivity index (χ0n) is 10.9. The Hall–Kier alpha value is -2.45. The number of alkyl halides is 3. The molecule has 21 heavy (non-hydrogen) atoms. The van der Waals surface area contributed by atoms with Crippen molar-refractivity contribution in [3.05, 3.63) is 24.3 Å². The van der Waals surface area contributed by atoms with E-state index < -0.39 is 30.2 Å². The van der Waals surface area contributed by atoms with E-state index in [0.29, 0.717) is 0 Å². The summed E-state index contributed by atoms with van der Waals surface area (Å²) in [6, 6.07) is 2.84. The summed E-state index contributed by atoms with van der Waals surface area (Å²) in [5.74, 6) is -1.84. The van der Waals surface area contributed by atoms with Crippen molar-refractivity contribution in [1.29, 1.82) is 0 Å². The van der Waals surface area contributed by atoms with Gasteiger partial charge < -0.3 is 20.5 Å². The number of hydrogen-bond acceptors (Lipinski definition) is 3. The lowest BCUT2D eigenvalue weighted by atomic mass is 10.2. The monoisotopic (exact) mass is 306 g/mol. The lowest BCUT2D eigenvalue weighted by Gasteiger charge is -2.16. The van der Waals surface area contributed by atoms with Crippen molar-refractivity contribution in [3.8, 4) is 5.75 Å². The molecule has 3 N–H and O–H groups in total. The van der Waals surface area contributed by atoms with E-state index in [9.17, 15) is 22.8 Å². The highest BCUT2D eigenvalue weighted by atomic mass is 19.4. The molecule has 1 aromatic rings. The maximum absolute atomic E-state index is 12.2. The Morgan fingerprint density at radius 3 is 2.48 bits per heavy atom. The number of halogens is 3. The van der Waals surface area contributed by atoms with Crippen molar-refractivity contribution >= 4 is 17.7 Å². The summed E-state index contributed by atoms with van der Waals surface area (Å²) in [6.07, 6.45) is -4.77. The molecule has 1 rings (SSSR count). The van der Waals surface area contributed by atoms with Gasteiger partial charge in [-0.05, 0) is 18.6 Å². The Bertz CT molecular complexity index is 519. The molecular weight excluding hydrogens is 293 g/mol. The summed E-state index contributed by atoms with van der Waals surface area (Å²) >= 11 is 0. The van der Waals surface area contributed by atoms with Gasteiger partial charge in [-0.1, -0.05) is 19.1 Å². The van der Waals surface area contributed by atoms with Crippen LogP contribution in [-0.2, 0) is 4.79 Å². The van der Waals surface area contributed by atoms with E-state index >= 15 is 0 Å². The molecule has 0 spiro atoms. The van der Waals surface area contributed by atoms with Gasteiger partial charge in [0.05, 0.1) is 5.69 Å². The number of carboxylic acid groups (broad SMARTS) is 1. The van der Waals surface area contributed by atoms with E-state index in [1.807, 2.05) is 0 Å². The number of hydrogen-bond donors (Lipinski definition) is 3. The largest absolute Gasteiger partial charge is 0.573 e. The smallest absolute Gasteiger partial charge is 0.480 e. The normalized spacial score (nSPS) is 12.4. The molecule has 0 aliphatic carbocycles. The Morgan fingerprint density at radius 1 is 1.33 bits per heavy atom. The van der Waals surface area contributed by atoms with Crippen molar-refractivity contribution in [3.63, 3.8) is 0 Å². The third-order valence-electron chi connectivity index (χ3n) is 2.37. The number of para-hydroxylation sites is 2. The van der Waals surface area contributed by atoms with Crippen molar-refractivity contribution in [1.82, 2.24) is 5.32 Å². The Morgan fingerprint density at radius 2 is 1.95 bits per heavy atom. The molecule has 0 bridgehead atoms. The summed E-state index contributed by atoms with van der Waals surface area (Å²) in [7, 11) is 0. The Balaban J connectivity index is 2.79. The first-order valence-corrected chi connectivity index (χ1v) is 5.88. The molecule has 0 fully saturated rings. The van der Waals surface area contributed by atoms with Crippen LogP contribution in [-0.4, -0.2) is 29.5 Å². The minimum Gasteiger partial charge on any atom is -0.480 e. The third-order valence-corrected chi connectivity index (χ3v) is 2.37. The molecule has 0 saturated carbocycles. The second-order valence-electron chi connectivity index (χ2n) is 3.94. The van der Waals surface area contributed by atoms with Crippen molar-refractivity contribution in [2.75, 3.05) is 5.32 Å². The van der Waals surface area contributed by atoms with Crippen LogP contribution in [0.2, 0.25) is 0 Å². The predicted octanol–water partition coefficient (Wildman–Crippen LogP) is 2.57. The van der Waals surface area contributed by atoms with Gasteiger partial charge in [-0.2, -0.15) is 0 Å². The minimum atomic E-state index is -4.90. The highest BCUT2D eigenvalue weighted by Crippen LogP contribution is 2.29. The van der Waals surface area contributed by atoms with Crippen LogP contribution < -0.4 is 15.4 Å². The molecular formula is C12H13F3N2O4. The molecule has 0 saturated heterocycles. The zero-order chi connectivity index (χ0) is 16.0. The molecule has 9 heteroatoms. The molecule has 1 atom stereocenters. The van der Waals surface area contributed by atoms with Gasteiger partial charge in [0.15, 0.2) is 5.75 Å². The number of anilines is 1. The van der Waals surface area contributed by atoms with Crippen molar-refractivity contribution < 1.29 is 32.6 Å². The van der Waals surface area contributed by atoms with E-state index in [2.05, 4.69) is 15.4 Å². The molecule has 0 aromatic heterocycles. The van der Waals surface area contributed by atoms with Crippen LogP contribution in [0.25, 0.3) is 0 Å². The zero-order valence-corrected chi connectivity index (χ0v) is 10.9.